The van der Waals surface area contributed by atoms with Crippen LogP contribution in [0.25, 0.3) is 10.8 Å². The number of hydrogen-bond donors (Lipinski definition) is 1. The van der Waals surface area contributed by atoms with Crippen molar-refractivity contribution in [1.29, 1.82) is 0 Å². The Kier molecular flexibility index (Phi) is 5.62. The van der Waals surface area contributed by atoms with E-state index in [4.69, 9.17) is 14.2 Å². The third-order valence-corrected chi connectivity index (χ3v) is 5.87. The van der Waals surface area contributed by atoms with E-state index in [-0.39, 0.29) is 18.7 Å². The normalized spacial score (nSPS) is 15.7. The lowest BCUT2D eigenvalue weighted by atomic mass is 9.97. The topological polar surface area (TPSA) is 98.7 Å². The van der Waals surface area contributed by atoms with Crippen molar-refractivity contribution in [3.8, 4) is 11.5 Å². The number of pyridine rings is 1. The minimum absolute atomic E-state index is 0.0498. The van der Waals surface area contributed by atoms with Crippen LogP contribution in [-0.2, 0) is 16.1 Å². The van der Waals surface area contributed by atoms with Gasteiger partial charge in [-0.2, -0.15) is 0 Å². The fraction of sp³-hybridized carbons (Fsp3) is 0.391. The van der Waals surface area contributed by atoms with Gasteiger partial charge in [0.2, 0.25) is 6.79 Å². The third-order valence-electron chi connectivity index (χ3n) is 5.87. The predicted molar refractivity (Wildman–Crippen MR) is 119 cm³/mol. The van der Waals surface area contributed by atoms with Gasteiger partial charge >= 0.3 is 5.97 Å². The zero-order chi connectivity index (χ0) is 21.9. The molecule has 5 rings (SSSR count). The largest absolute Gasteiger partial charge is 0.466 e. The number of benzene rings is 1. The molecule has 0 atom stereocenters. The lowest BCUT2D eigenvalue weighted by molar-refractivity contribution is -0.148. The Hall–Kier alpha value is -3.62. The van der Waals surface area contributed by atoms with E-state index in [2.05, 4.69) is 25.4 Å². The summed E-state index contributed by atoms with van der Waals surface area (Å²) < 4.78 is 16.0. The Labute approximate surface area is 185 Å². The van der Waals surface area contributed by atoms with Gasteiger partial charge in [0.15, 0.2) is 23.1 Å². The molecule has 1 fully saturated rings. The van der Waals surface area contributed by atoms with Crippen molar-refractivity contribution in [1.82, 2.24) is 15.2 Å². The van der Waals surface area contributed by atoms with Crippen LogP contribution in [0.4, 0.5) is 11.6 Å². The van der Waals surface area contributed by atoms with Crippen molar-refractivity contribution in [2.45, 2.75) is 26.3 Å². The number of carbonyl (C=O) groups excluding carboxylic acids is 1. The fourth-order valence-electron chi connectivity index (χ4n) is 4.17. The summed E-state index contributed by atoms with van der Waals surface area (Å²) in [6.07, 6.45) is 5.06. The molecule has 1 aromatic carbocycles. The number of carbonyl (C=O) groups is 1. The van der Waals surface area contributed by atoms with Crippen molar-refractivity contribution < 1.29 is 19.0 Å². The first-order valence-electron chi connectivity index (χ1n) is 10.9. The molecule has 0 saturated carbocycles. The van der Waals surface area contributed by atoms with Crippen LogP contribution in [0, 0.1) is 5.92 Å². The van der Waals surface area contributed by atoms with Crippen molar-refractivity contribution in [2.75, 3.05) is 36.7 Å². The summed E-state index contributed by atoms with van der Waals surface area (Å²) in [5, 5.41) is 14.3. The highest BCUT2D eigenvalue weighted by atomic mass is 16.7. The summed E-state index contributed by atoms with van der Waals surface area (Å²) in [5.74, 6) is 2.86. The van der Waals surface area contributed by atoms with Gasteiger partial charge in [-0.1, -0.05) is 6.07 Å². The molecule has 166 valence electrons. The monoisotopic (exact) mass is 435 g/mol. The molecule has 9 heteroatoms. The molecule has 1 saturated heterocycles. The van der Waals surface area contributed by atoms with Crippen molar-refractivity contribution in [2.24, 2.45) is 5.92 Å². The summed E-state index contributed by atoms with van der Waals surface area (Å²) in [4.78, 5) is 18.5. The SMILES string of the molecule is CCOC(=O)C1CCN(c2nnc(NCc3ccc4c(c3)OCO4)c3ccncc23)CC1. The zero-order valence-corrected chi connectivity index (χ0v) is 17.9. The van der Waals surface area contributed by atoms with Crippen LogP contribution in [0.5, 0.6) is 11.5 Å². The number of fused-ring (bicyclic) bond motifs is 2. The lowest BCUT2D eigenvalue weighted by Crippen LogP contribution is -2.37. The first-order valence-corrected chi connectivity index (χ1v) is 10.9. The van der Waals surface area contributed by atoms with Gasteiger partial charge in [-0.15, -0.1) is 10.2 Å². The average molecular weight is 435 g/mol. The molecule has 4 heterocycles. The smallest absolute Gasteiger partial charge is 0.309 e. The van der Waals surface area contributed by atoms with Gasteiger partial charge in [0.25, 0.3) is 0 Å². The van der Waals surface area contributed by atoms with Gasteiger partial charge < -0.3 is 24.4 Å². The quantitative estimate of drug-likeness (QED) is 0.585. The van der Waals surface area contributed by atoms with E-state index in [1.54, 1.807) is 6.20 Å². The first-order chi connectivity index (χ1) is 15.7. The summed E-state index contributed by atoms with van der Waals surface area (Å²) in [6.45, 7) is 4.55. The maximum Gasteiger partial charge on any atom is 0.309 e. The molecule has 0 amide bonds. The number of nitrogens with zero attached hydrogens (tertiary/aromatic N) is 4. The Morgan fingerprint density at radius 3 is 2.84 bits per heavy atom. The Morgan fingerprint density at radius 1 is 1.16 bits per heavy atom. The van der Waals surface area contributed by atoms with Gasteiger partial charge in [0.1, 0.15) is 0 Å². The van der Waals surface area contributed by atoms with Crippen LogP contribution in [0.15, 0.2) is 36.7 Å². The Bertz CT molecular complexity index is 1130. The Morgan fingerprint density at radius 2 is 2.00 bits per heavy atom. The van der Waals surface area contributed by atoms with Gasteiger partial charge in [0, 0.05) is 42.8 Å². The lowest BCUT2D eigenvalue weighted by Gasteiger charge is -2.32. The fourth-order valence-corrected chi connectivity index (χ4v) is 4.17. The molecule has 2 aromatic heterocycles. The molecule has 1 N–H and O–H groups in total. The molecule has 32 heavy (non-hydrogen) atoms. The number of nitrogens with one attached hydrogen (secondary N) is 1. The van der Waals surface area contributed by atoms with E-state index in [9.17, 15) is 4.79 Å². The van der Waals surface area contributed by atoms with E-state index < -0.39 is 0 Å². The van der Waals surface area contributed by atoms with Crippen LogP contribution in [0.1, 0.15) is 25.3 Å². The van der Waals surface area contributed by atoms with Crippen LogP contribution in [-0.4, -0.2) is 47.6 Å². The van der Waals surface area contributed by atoms with E-state index in [1.165, 1.54) is 0 Å². The van der Waals surface area contributed by atoms with Crippen molar-refractivity contribution >= 4 is 28.4 Å². The third kappa shape index (κ3) is 3.98. The molecule has 0 bridgehead atoms. The van der Waals surface area contributed by atoms with E-state index in [0.717, 1.165) is 59.6 Å². The Balaban J connectivity index is 1.32. The number of piperidine rings is 1. The maximum atomic E-state index is 12.0. The molecule has 0 unspecified atom stereocenters. The second-order valence-electron chi connectivity index (χ2n) is 7.85. The molecule has 0 radical (unpaired) electrons. The summed E-state index contributed by atoms with van der Waals surface area (Å²) in [5.41, 5.74) is 1.06. The highest BCUT2D eigenvalue weighted by molar-refractivity contribution is 5.98. The second kappa shape index (κ2) is 8.86. The number of ether oxygens (including phenoxy) is 3. The van der Waals surface area contributed by atoms with E-state index in [1.807, 2.05) is 37.4 Å². The standard InChI is InChI=1S/C23H25N5O4/c1-2-30-23(29)16-6-9-28(10-7-16)22-18-13-24-8-5-17(18)21(26-27-22)25-12-15-3-4-19-20(11-15)32-14-31-19/h3-5,8,11,13,16H,2,6-7,9-10,12,14H2,1H3,(H,25,26). The molecule has 9 nitrogen and oxygen atoms in total. The predicted octanol–water partition coefficient (Wildman–Crippen LogP) is 3.15. The molecular formula is C23H25N5O4. The minimum atomic E-state index is -0.104. The van der Waals surface area contributed by atoms with Crippen LogP contribution >= 0.6 is 0 Å². The summed E-state index contributed by atoms with van der Waals surface area (Å²) in [6, 6.07) is 7.82. The van der Waals surface area contributed by atoms with Crippen molar-refractivity contribution in [3.63, 3.8) is 0 Å². The summed E-state index contributed by atoms with van der Waals surface area (Å²) >= 11 is 0. The number of esters is 1. The van der Waals surface area contributed by atoms with Crippen molar-refractivity contribution in [3.05, 3.63) is 42.2 Å². The van der Waals surface area contributed by atoms with Gasteiger partial charge in [-0.25, -0.2) is 0 Å². The molecule has 3 aromatic rings. The molecule has 2 aliphatic rings. The maximum absolute atomic E-state index is 12.0. The highest BCUT2D eigenvalue weighted by Crippen LogP contribution is 2.34. The number of anilines is 2. The van der Waals surface area contributed by atoms with Gasteiger partial charge in [-0.05, 0) is 43.5 Å². The summed E-state index contributed by atoms with van der Waals surface area (Å²) in [7, 11) is 0. The van der Waals surface area contributed by atoms with E-state index >= 15 is 0 Å². The number of rotatable bonds is 6. The van der Waals surface area contributed by atoms with Crippen LogP contribution in [0.3, 0.4) is 0 Å². The van der Waals surface area contributed by atoms with Crippen LogP contribution < -0.4 is 19.7 Å². The highest BCUT2D eigenvalue weighted by Gasteiger charge is 2.28. The van der Waals surface area contributed by atoms with Crippen LogP contribution in [0.2, 0.25) is 0 Å². The molecular weight excluding hydrogens is 410 g/mol. The molecule has 0 aliphatic carbocycles. The zero-order valence-electron chi connectivity index (χ0n) is 17.9. The first kappa shape index (κ1) is 20.3. The number of aromatic nitrogens is 3. The second-order valence-corrected chi connectivity index (χ2v) is 7.85. The minimum Gasteiger partial charge on any atom is -0.466 e. The van der Waals surface area contributed by atoms with E-state index in [0.29, 0.717) is 19.0 Å². The average Bonchev–Trinajstić information content (AvgIpc) is 3.31. The molecule has 2 aliphatic heterocycles. The molecule has 0 spiro atoms. The number of hydrogen-bond acceptors (Lipinski definition) is 9. The van der Waals surface area contributed by atoms with Gasteiger partial charge in [-0.3, -0.25) is 9.78 Å². The van der Waals surface area contributed by atoms with Gasteiger partial charge in [0.05, 0.1) is 12.5 Å².